The summed E-state index contributed by atoms with van der Waals surface area (Å²) in [5.41, 5.74) is 2.17. The number of rotatable bonds is 3. The maximum absolute atomic E-state index is 14.1. The summed E-state index contributed by atoms with van der Waals surface area (Å²) in [5.74, 6) is -0.561. The molecule has 0 amide bonds. The molecule has 2 nitrogen and oxygen atoms in total. The molecule has 110 valence electrons. The number of halogens is 3. The number of benzene rings is 2. The minimum absolute atomic E-state index is 0.270. The van der Waals surface area contributed by atoms with E-state index in [0.29, 0.717) is 12.2 Å². The highest BCUT2D eigenvalue weighted by Crippen LogP contribution is 2.42. The van der Waals surface area contributed by atoms with Crippen molar-refractivity contribution < 1.29 is 8.78 Å². The van der Waals surface area contributed by atoms with Crippen LogP contribution in [0.25, 0.3) is 0 Å². The fraction of sp³-hybridized carbons (Fsp3) is 0.200. The van der Waals surface area contributed by atoms with Crippen molar-refractivity contribution in [3.63, 3.8) is 0 Å². The van der Waals surface area contributed by atoms with Gasteiger partial charge >= 0.3 is 0 Å². The van der Waals surface area contributed by atoms with Crippen LogP contribution in [0.2, 0.25) is 0 Å². The van der Waals surface area contributed by atoms with Gasteiger partial charge in [0.2, 0.25) is 0 Å². The molecule has 0 bridgehead atoms. The summed E-state index contributed by atoms with van der Waals surface area (Å²) in [6.07, 6.45) is 0. The van der Waals surface area contributed by atoms with Gasteiger partial charge in [0.15, 0.2) is 0 Å². The lowest BCUT2D eigenvalue weighted by atomic mass is 10.1. The number of para-hydroxylation sites is 1. The Labute approximate surface area is 135 Å². The summed E-state index contributed by atoms with van der Waals surface area (Å²) >= 11 is 4.85. The van der Waals surface area contributed by atoms with Crippen molar-refractivity contribution in [2.24, 2.45) is 0 Å². The summed E-state index contributed by atoms with van der Waals surface area (Å²) in [6, 6.07) is 11.3. The zero-order valence-electron chi connectivity index (χ0n) is 11.1. The first-order chi connectivity index (χ1) is 10.2. The van der Waals surface area contributed by atoms with Gasteiger partial charge in [0.1, 0.15) is 11.6 Å². The van der Waals surface area contributed by atoms with E-state index in [1.807, 2.05) is 4.31 Å². The lowest BCUT2D eigenvalue weighted by Crippen LogP contribution is -2.29. The van der Waals surface area contributed by atoms with E-state index in [-0.39, 0.29) is 11.6 Å². The smallest absolute Gasteiger partial charge is 0.147 e. The molecule has 3 rings (SSSR count). The van der Waals surface area contributed by atoms with Crippen molar-refractivity contribution in [3.8, 4) is 0 Å². The molecule has 0 aliphatic carbocycles. The average Bonchev–Trinajstić information content (AvgIpc) is 2.47. The van der Waals surface area contributed by atoms with Gasteiger partial charge in [-0.25, -0.2) is 13.1 Å². The molecular formula is C15H13BrF2N2S. The molecule has 0 fully saturated rings. The highest BCUT2D eigenvalue weighted by atomic mass is 79.9. The third-order valence-electron chi connectivity index (χ3n) is 3.21. The fourth-order valence-corrected chi connectivity index (χ4v) is 4.03. The number of hydrogen-bond acceptors (Lipinski definition) is 3. The second-order valence-corrected chi connectivity index (χ2v) is 6.49. The van der Waals surface area contributed by atoms with Gasteiger partial charge in [-0.3, -0.25) is 4.31 Å². The van der Waals surface area contributed by atoms with E-state index in [0.717, 1.165) is 23.1 Å². The zero-order valence-corrected chi connectivity index (χ0v) is 13.5. The topological polar surface area (TPSA) is 6.48 Å². The van der Waals surface area contributed by atoms with Crippen molar-refractivity contribution in [2.75, 3.05) is 16.2 Å². The minimum atomic E-state index is -0.291. The molecule has 0 radical (unpaired) electrons. The lowest BCUT2D eigenvalue weighted by molar-refractivity contribution is 0.489. The first kappa shape index (κ1) is 14.8. The van der Waals surface area contributed by atoms with Crippen LogP contribution >= 0.6 is 28.1 Å². The molecular weight excluding hydrogens is 358 g/mol. The summed E-state index contributed by atoms with van der Waals surface area (Å²) < 4.78 is 31.5. The van der Waals surface area contributed by atoms with E-state index >= 15 is 0 Å². The second kappa shape index (κ2) is 6.34. The molecule has 0 N–H and O–H groups in total. The van der Waals surface area contributed by atoms with Crippen LogP contribution in [0, 0.1) is 11.6 Å². The molecule has 2 aromatic rings. The number of nitrogens with zero attached hydrogens (tertiary/aromatic N) is 2. The van der Waals surface area contributed by atoms with Crippen LogP contribution in [0.4, 0.5) is 20.2 Å². The van der Waals surface area contributed by atoms with E-state index < -0.39 is 0 Å². The van der Waals surface area contributed by atoms with E-state index in [1.165, 1.54) is 30.3 Å². The van der Waals surface area contributed by atoms with E-state index in [2.05, 4.69) is 20.2 Å². The molecule has 21 heavy (non-hydrogen) atoms. The summed E-state index contributed by atoms with van der Waals surface area (Å²) in [5, 5.41) is 0.801. The molecule has 0 unspecified atom stereocenters. The van der Waals surface area contributed by atoms with Gasteiger partial charge in [-0.2, -0.15) is 0 Å². The molecule has 0 saturated carbocycles. The van der Waals surface area contributed by atoms with E-state index in [4.69, 9.17) is 0 Å². The summed E-state index contributed by atoms with van der Waals surface area (Å²) in [6.45, 7) is 1.42. The van der Waals surface area contributed by atoms with Gasteiger partial charge in [0.25, 0.3) is 0 Å². The van der Waals surface area contributed by atoms with Crippen LogP contribution in [0.15, 0.2) is 42.5 Å². The number of fused-ring (bicyclic) bond motifs is 1. The van der Waals surface area contributed by atoms with Gasteiger partial charge in [0, 0.05) is 30.6 Å². The van der Waals surface area contributed by atoms with Crippen LogP contribution in [0.3, 0.4) is 0 Å². The Morgan fingerprint density at radius 2 is 1.90 bits per heavy atom. The predicted molar refractivity (Wildman–Crippen MR) is 86.7 cm³/mol. The molecule has 1 heterocycles. The number of anilines is 2. The van der Waals surface area contributed by atoms with Gasteiger partial charge in [-0.05, 0) is 35.9 Å². The number of alkyl halides is 1. The van der Waals surface area contributed by atoms with Crippen molar-refractivity contribution in [1.82, 2.24) is 4.31 Å². The Balaban J connectivity index is 2.05. The molecule has 2 aromatic carbocycles. The molecule has 0 saturated heterocycles. The first-order valence-corrected chi connectivity index (χ1v) is 8.36. The predicted octanol–water partition coefficient (Wildman–Crippen LogP) is 4.88. The molecule has 6 heteroatoms. The first-order valence-electron chi connectivity index (χ1n) is 6.51. The van der Waals surface area contributed by atoms with Gasteiger partial charge in [0.05, 0.1) is 11.4 Å². The van der Waals surface area contributed by atoms with Crippen molar-refractivity contribution in [1.29, 1.82) is 0 Å². The summed E-state index contributed by atoms with van der Waals surface area (Å²) in [4.78, 5) is 0. The Morgan fingerprint density at radius 3 is 2.67 bits per heavy atom. The van der Waals surface area contributed by atoms with Crippen molar-refractivity contribution in [3.05, 3.63) is 59.7 Å². The zero-order chi connectivity index (χ0) is 14.8. The monoisotopic (exact) mass is 370 g/mol. The Hall–Kier alpha value is -1.11. The van der Waals surface area contributed by atoms with Crippen LogP contribution < -0.4 is 4.31 Å². The van der Waals surface area contributed by atoms with Crippen molar-refractivity contribution in [2.45, 2.75) is 6.54 Å². The Morgan fingerprint density at radius 1 is 1.10 bits per heavy atom. The molecule has 0 spiro atoms. The minimum Gasteiger partial charge on any atom is -0.268 e. The third kappa shape index (κ3) is 3.07. The largest absolute Gasteiger partial charge is 0.268 e. The van der Waals surface area contributed by atoms with Crippen LogP contribution in [-0.2, 0) is 6.54 Å². The highest BCUT2D eigenvalue weighted by molar-refractivity contribution is 9.09. The average molecular weight is 371 g/mol. The summed E-state index contributed by atoms with van der Waals surface area (Å²) in [7, 11) is 0. The molecule has 0 atom stereocenters. The quantitative estimate of drug-likeness (QED) is 0.561. The normalized spacial score (nSPS) is 15.1. The van der Waals surface area contributed by atoms with E-state index in [9.17, 15) is 8.78 Å². The third-order valence-corrected chi connectivity index (χ3v) is 4.66. The maximum atomic E-state index is 14.1. The lowest BCUT2D eigenvalue weighted by Gasteiger charge is -2.36. The van der Waals surface area contributed by atoms with Gasteiger partial charge in [-0.15, -0.1) is 0 Å². The van der Waals surface area contributed by atoms with Gasteiger partial charge < -0.3 is 0 Å². The Kier molecular flexibility index (Phi) is 4.47. The second-order valence-electron chi connectivity index (χ2n) is 4.65. The maximum Gasteiger partial charge on any atom is 0.147 e. The van der Waals surface area contributed by atoms with Gasteiger partial charge in [-0.1, -0.05) is 28.1 Å². The standard InChI is InChI=1S/C15H13BrF2N2S/c16-7-8-19-10-11-9-12(17)5-6-14(11)20(21-19)15-4-2-1-3-13(15)18/h1-6,9H,7-8,10H2. The number of hydrogen-bond donors (Lipinski definition) is 0. The van der Waals surface area contributed by atoms with Crippen LogP contribution in [0.1, 0.15) is 5.56 Å². The van der Waals surface area contributed by atoms with E-state index in [1.54, 1.807) is 24.3 Å². The molecule has 1 aliphatic heterocycles. The van der Waals surface area contributed by atoms with Crippen LogP contribution in [0.5, 0.6) is 0 Å². The van der Waals surface area contributed by atoms with Crippen LogP contribution in [-0.4, -0.2) is 16.2 Å². The fourth-order valence-electron chi connectivity index (χ4n) is 2.26. The SMILES string of the molecule is Fc1ccc2c(c1)CN(CCBr)SN2c1ccccc1F. The molecule has 1 aliphatic rings. The van der Waals surface area contributed by atoms with Crippen molar-refractivity contribution >= 4 is 39.4 Å². The highest BCUT2D eigenvalue weighted by Gasteiger charge is 2.26. The molecule has 0 aromatic heterocycles. The Bertz CT molecular complexity index is 653.